The lowest BCUT2D eigenvalue weighted by Crippen LogP contribution is -2.18. The predicted octanol–water partition coefficient (Wildman–Crippen LogP) is 1.74. The van der Waals surface area contributed by atoms with Gasteiger partial charge in [0.1, 0.15) is 12.4 Å². The molecule has 1 aromatic rings. The minimum absolute atomic E-state index is 0.0595. The van der Waals surface area contributed by atoms with Gasteiger partial charge in [-0.1, -0.05) is 0 Å². The second-order valence-electron chi connectivity index (χ2n) is 3.97. The molecule has 0 bridgehead atoms. The number of hydrogen-bond donors (Lipinski definition) is 1. The van der Waals surface area contributed by atoms with E-state index in [0.717, 1.165) is 18.9 Å². The molecule has 1 heterocycles. The molecule has 0 saturated carbocycles. The molecule has 1 unspecified atom stereocenters. The number of carbonyl (C=O) groups excluding carboxylic acids is 1. The summed E-state index contributed by atoms with van der Waals surface area (Å²) in [7, 11) is 0. The Bertz CT molecular complexity index is 416. The van der Waals surface area contributed by atoms with Crippen LogP contribution in [0.3, 0.4) is 0 Å². The summed E-state index contributed by atoms with van der Waals surface area (Å²) in [6, 6.07) is 3.89. The van der Waals surface area contributed by atoms with E-state index in [1.54, 1.807) is 0 Å². The molecule has 1 saturated heterocycles. The number of hydrogen-bond acceptors (Lipinski definition) is 4. The smallest absolute Gasteiger partial charge is 0.341 e. The van der Waals surface area contributed by atoms with Gasteiger partial charge in [0.15, 0.2) is 0 Å². The lowest BCUT2D eigenvalue weighted by Gasteiger charge is -2.10. The van der Waals surface area contributed by atoms with Crippen LogP contribution in [-0.2, 0) is 9.47 Å². The quantitative estimate of drug-likeness (QED) is 0.644. The third kappa shape index (κ3) is 2.94. The number of carbonyl (C=O) groups is 1. The van der Waals surface area contributed by atoms with E-state index in [2.05, 4.69) is 0 Å². The second-order valence-corrected chi connectivity index (χ2v) is 3.97. The Hall–Kier alpha value is -1.62. The van der Waals surface area contributed by atoms with Gasteiger partial charge in [0.25, 0.3) is 0 Å². The normalized spacial score (nSPS) is 19.2. The predicted molar refractivity (Wildman–Crippen MR) is 60.1 cm³/mol. The number of rotatable bonds is 3. The highest BCUT2D eigenvalue weighted by atomic mass is 19.1. The minimum atomic E-state index is -0.682. The molecule has 2 rings (SSSR count). The first-order valence-corrected chi connectivity index (χ1v) is 5.50. The first kappa shape index (κ1) is 11.9. The number of nitrogen functional groups attached to an aromatic ring is 1. The minimum Gasteiger partial charge on any atom is -0.459 e. The highest BCUT2D eigenvalue weighted by Crippen LogP contribution is 2.15. The molecule has 1 aromatic carbocycles. The van der Waals surface area contributed by atoms with Crippen LogP contribution in [-0.4, -0.2) is 25.3 Å². The molecule has 1 atom stereocenters. The first-order valence-electron chi connectivity index (χ1n) is 5.50. The Balaban J connectivity index is 1.94. The van der Waals surface area contributed by atoms with Gasteiger partial charge in [0.2, 0.25) is 0 Å². The molecule has 2 N–H and O–H groups in total. The summed E-state index contributed by atoms with van der Waals surface area (Å²) in [5, 5.41) is 0. The van der Waals surface area contributed by atoms with E-state index >= 15 is 0 Å². The number of benzene rings is 1. The largest absolute Gasteiger partial charge is 0.459 e. The third-order valence-corrected chi connectivity index (χ3v) is 2.64. The van der Waals surface area contributed by atoms with Crippen molar-refractivity contribution in [1.29, 1.82) is 0 Å². The molecule has 0 radical (unpaired) electrons. The number of ether oxygens (including phenoxy) is 2. The van der Waals surface area contributed by atoms with Crippen molar-refractivity contribution in [3.05, 3.63) is 29.6 Å². The van der Waals surface area contributed by atoms with Crippen LogP contribution in [0.5, 0.6) is 0 Å². The SMILES string of the molecule is Nc1ccc(C(=O)OCC2CCCO2)c(F)c1. The lowest BCUT2D eigenvalue weighted by molar-refractivity contribution is 0.0157. The fourth-order valence-corrected chi connectivity index (χ4v) is 1.72. The van der Waals surface area contributed by atoms with Crippen molar-refractivity contribution >= 4 is 11.7 Å². The van der Waals surface area contributed by atoms with E-state index < -0.39 is 11.8 Å². The Morgan fingerprint density at radius 2 is 2.41 bits per heavy atom. The molecule has 1 aliphatic heterocycles. The van der Waals surface area contributed by atoms with Crippen LogP contribution in [0.1, 0.15) is 23.2 Å². The Morgan fingerprint density at radius 1 is 1.59 bits per heavy atom. The molecule has 1 aliphatic rings. The van der Waals surface area contributed by atoms with Crippen LogP contribution in [0.2, 0.25) is 0 Å². The van der Waals surface area contributed by atoms with Crippen LogP contribution < -0.4 is 5.73 Å². The molecule has 0 aliphatic carbocycles. The fourth-order valence-electron chi connectivity index (χ4n) is 1.72. The van der Waals surface area contributed by atoms with Crippen molar-refractivity contribution in [3.8, 4) is 0 Å². The average molecular weight is 239 g/mol. The van der Waals surface area contributed by atoms with Gasteiger partial charge in [-0.25, -0.2) is 9.18 Å². The van der Waals surface area contributed by atoms with Crippen LogP contribution >= 0.6 is 0 Å². The Labute approximate surface area is 98.5 Å². The summed E-state index contributed by atoms with van der Waals surface area (Å²) in [5.74, 6) is -1.35. The maximum Gasteiger partial charge on any atom is 0.341 e. The van der Waals surface area contributed by atoms with Crippen LogP contribution in [0.15, 0.2) is 18.2 Å². The molecule has 0 aromatic heterocycles. The van der Waals surface area contributed by atoms with Crippen LogP contribution in [0.4, 0.5) is 10.1 Å². The molecule has 92 valence electrons. The zero-order chi connectivity index (χ0) is 12.3. The van der Waals surface area contributed by atoms with E-state index in [1.165, 1.54) is 12.1 Å². The molecule has 17 heavy (non-hydrogen) atoms. The van der Waals surface area contributed by atoms with Gasteiger partial charge in [0, 0.05) is 12.3 Å². The Kier molecular flexibility index (Phi) is 3.58. The van der Waals surface area contributed by atoms with Gasteiger partial charge in [-0.2, -0.15) is 0 Å². The van der Waals surface area contributed by atoms with E-state index in [-0.39, 0.29) is 24.0 Å². The van der Waals surface area contributed by atoms with Crippen molar-refractivity contribution in [2.45, 2.75) is 18.9 Å². The molecule has 0 amide bonds. The summed E-state index contributed by atoms with van der Waals surface area (Å²) < 4.78 is 23.7. The topological polar surface area (TPSA) is 61.6 Å². The van der Waals surface area contributed by atoms with Gasteiger partial charge in [0.05, 0.1) is 11.7 Å². The zero-order valence-corrected chi connectivity index (χ0v) is 9.32. The summed E-state index contributed by atoms with van der Waals surface area (Å²) in [6.45, 7) is 0.862. The van der Waals surface area contributed by atoms with Gasteiger partial charge in [-0.3, -0.25) is 0 Å². The van der Waals surface area contributed by atoms with Gasteiger partial charge in [-0.15, -0.1) is 0 Å². The van der Waals surface area contributed by atoms with Gasteiger partial charge >= 0.3 is 5.97 Å². The number of anilines is 1. The molecular weight excluding hydrogens is 225 g/mol. The van der Waals surface area contributed by atoms with Crippen molar-refractivity contribution in [1.82, 2.24) is 0 Å². The number of nitrogens with two attached hydrogens (primary N) is 1. The molecule has 4 nitrogen and oxygen atoms in total. The van der Waals surface area contributed by atoms with Crippen LogP contribution in [0, 0.1) is 5.82 Å². The monoisotopic (exact) mass is 239 g/mol. The van der Waals surface area contributed by atoms with E-state index in [4.69, 9.17) is 15.2 Å². The standard InChI is InChI=1S/C12H14FNO3/c13-11-6-8(14)3-4-10(11)12(15)17-7-9-2-1-5-16-9/h3-4,6,9H,1-2,5,7,14H2. The summed E-state index contributed by atoms with van der Waals surface area (Å²) in [4.78, 5) is 11.6. The van der Waals surface area contributed by atoms with Gasteiger partial charge in [-0.05, 0) is 31.0 Å². The number of halogens is 1. The maximum absolute atomic E-state index is 13.4. The molecule has 1 fully saturated rings. The van der Waals surface area contributed by atoms with Crippen molar-refractivity contribution in [2.75, 3.05) is 18.9 Å². The lowest BCUT2D eigenvalue weighted by atomic mass is 10.2. The highest BCUT2D eigenvalue weighted by molar-refractivity contribution is 5.90. The Morgan fingerprint density at radius 3 is 3.06 bits per heavy atom. The van der Waals surface area contributed by atoms with Crippen LogP contribution in [0.25, 0.3) is 0 Å². The van der Waals surface area contributed by atoms with Crippen molar-refractivity contribution < 1.29 is 18.7 Å². The average Bonchev–Trinajstić information content (AvgIpc) is 2.78. The zero-order valence-electron chi connectivity index (χ0n) is 9.32. The molecular formula is C12H14FNO3. The van der Waals surface area contributed by atoms with Gasteiger partial charge < -0.3 is 15.2 Å². The number of esters is 1. The fraction of sp³-hybridized carbons (Fsp3) is 0.417. The summed E-state index contributed by atoms with van der Waals surface area (Å²) >= 11 is 0. The highest BCUT2D eigenvalue weighted by Gasteiger charge is 2.19. The van der Waals surface area contributed by atoms with E-state index in [9.17, 15) is 9.18 Å². The van der Waals surface area contributed by atoms with E-state index in [1.807, 2.05) is 0 Å². The first-order chi connectivity index (χ1) is 8.16. The second kappa shape index (κ2) is 5.14. The summed E-state index contributed by atoms with van der Waals surface area (Å²) in [5.41, 5.74) is 5.57. The summed E-state index contributed by atoms with van der Waals surface area (Å²) in [6.07, 6.45) is 1.78. The van der Waals surface area contributed by atoms with E-state index in [0.29, 0.717) is 6.61 Å². The maximum atomic E-state index is 13.4. The van der Waals surface area contributed by atoms with Crippen molar-refractivity contribution in [3.63, 3.8) is 0 Å². The van der Waals surface area contributed by atoms with Crippen molar-refractivity contribution in [2.24, 2.45) is 0 Å². The third-order valence-electron chi connectivity index (χ3n) is 2.64. The molecule has 0 spiro atoms. The molecule has 5 heteroatoms.